The Morgan fingerprint density at radius 1 is 1.45 bits per heavy atom. The summed E-state index contributed by atoms with van der Waals surface area (Å²) in [7, 11) is 0. The van der Waals surface area contributed by atoms with Crippen LogP contribution in [-0.2, 0) is 11.0 Å². The Kier molecular flexibility index (Phi) is 3.44. The zero-order chi connectivity index (χ0) is 15.1. The zero-order valence-corrected chi connectivity index (χ0v) is 10.6. The predicted octanol–water partition coefficient (Wildman–Crippen LogP) is 1.80. The fourth-order valence-electron chi connectivity index (χ4n) is 1.87. The third-order valence-electron chi connectivity index (χ3n) is 2.92. The fourth-order valence-corrected chi connectivity index (χ4v) is 2.52. The van der Waals surface area contributed by atoms with Crippen molar-refractivity contribution >= 4 is 23.2 Å². The number of carboxylic acids is 1. The van der Waals surface area contributed by atoms with Gasteiger partial charge in [0, 0.05) is 13.0 Å². The monoisotopic (exact) mass is 312 g/mol. The number of likely N-dealkylation sites (tertiary alicyclic amines) is 1. The minimum atomic E-state index is -4.73. The number of hydrogen-bond donors (Lipinski definition) is 1. The normalized spacial score (nSPS) is 23.1. The van der Waals surface area contributed by atoms with Crippen molar-refractivity contribution in [1.29, 1.82) is 0 Å². The van der Waals surface area contributed by atoms with Crippen LogP contribution in [0.4, 0.5) is 17.6 Å². The highest BCUT2D eigenvalue weighted by molar-refractivity contribution is 7.10. The zero-order valence-electron chi connectivity index (χ0n) is 9.78. The SMILES string of the molecule is O=C(c1ncsc1C(F)(F)F)N1CCC(F)(C(=O)O)C1. The molecule has 0 radical (unpaired) electrons. The minimum absolute atomic E-state index is 0.256. The molecular formula is C10H8F4N2O3S. The number of hydrogen-bond acceptors (Lipinski definition) is 4. The highest BCUT2D eigenvalue weighted by Crippen LogP contribution is 2.36. The number of halogens is 4. The average molecular weight is 312 g/mol. The minimum Gasteiger partial charge on any atom is -0.479 e. The number of aliphatic carboxylic acids is 1. The Morgan fingerprint density at radius 3 is 2.60 bits per heavy atom. The van der Waals surface area contributed by atoms with E-state index in [1.54, 1.807) is 0 Å². The Morgan fingerprint density at radius 2 is 2.10 bits per heavy atom. The molecule has 0 aliphatic carbocycles. The first kappa shape index (κ1) is 14.7. The van der Waals surface area contributed by atoms with Crippen molar-refractivity contribution in [2.24, 2.45) is 0 Å². The second-order valence-corrected chi connectivity index (χ2v) is 5.13. The second kappa shape index (κ2) is 4.69. The van der Waals surface area contributed by atoms with Crippen LogP contribution in [0.5, 0.6) is 0 Å². The van der Waals surface area contributed by atoms with Crippen molar-refractivity contribution in [3.63, 3.8) is 0 Å². The highest BCUT2D eigenvalue weighted by Gasteiger charge is 2.48. The van der Waals surface area contributed by atoms with Gasteiger partial charge in [-0.1, -0.05) is 0 Å². The third-order valence-corrected chi connectivity index (χ3v) is 3.79. The molecule has 110 valence electrons. The summed E-state index contributed by atoms with van der Waals surface area (Å²) in [6.07, 6.45) is -5.19. The summed E-state index contributed by atoms with van der Waals surface area (Å²) in [6, 6.07) is 0. The number of alkyl halides is 4. The van der Waals surface area contributed by atoms with Crippen LogP contribution in [0.1, 0.15) is 21.8 Å². The number of carboxylic acid groups (broad SMARTS) is 1. The summed E-state index contributed by atoms with van der Waals surface area (Å²) in [5, 5.41) is 8.68. The maximum atomic E-state index is 13.8. The lowest BCUT2D eigenvalue weighted by atomic mass is 10.1. The van der Waals surface area contributed by atoms with Crippen molar-refractivity contribution < 1.29 is 32.3 Å². The van der Waals surface area contributed by atoms with Gasteiger partial charge >= 0.3 is 12.1 Å². The lowest BCUT2D eigenvalue weighted by Crippen LogP contribution is -2.39. The molecular weight excluding hydrogens is 304 g/mol. The van der Waals surface area contributed by atoms with Crippen LogP contribution in [-0.4, -0.2) is 45.6 Å². The van der Waals surface area contributed by atoms with Gasteiger partial charge in [-0.25, -0.2) is 14.2 Å². The first-order chi connectivity index (χ1) is 9.15. The molecule has 2 heterocycles. The standard InChI is InChI=1S/C10H8F4N2O3S/c11-9(8(18)19)1-2-16(3-9)7(17)5-6(10(12,13)14)20-4-15-5/h4H,1-3H2,(H,18,19). The Balaban J connectivity index is 2.23. The molecule has 0 bridgehead atoms. The molecule has 1 fully saturated rings. The Labute approximate surface area is 113 Å². The van der Waals surface area contributed by atoms with Crippen LogP contribution >= 0.6 is 11.3 Å². The van der Waals surface area contributed by atoms with Crippen molar-refractivity contribution in [2.45, 2.75) is 18.3 Å². The Hall–Kier alpha value is -1.71. The van der Waals surface area contributed by atoms with Crippen LogP contribution in [0, 0.1) is 0 Å². The highest BCUT2D eigenvalue weighted by atomic mass is 32.1. The van der Waals surface area contributed by atoms with Gasteiger partial charge in [0.05, 0.1) is 12.1 Å². The molecule has 1 amide bonds. The van der Waals surface area contributed by atoms with Gasteiger partial charge in [-0.3, -0.25) is 4.79 Å². The van der Waals surface area contributed by atoms with E-state index >= 15 is 0 Å². The van der Waals surface area contributed by atoms with Gasteiger partial charge in [0.1, 0.15) is 4.88 Å². The van der Waals surface area contributed by atoms with Crippen molar-refractivity contribution in [3.8, 4) is 0 Å². The molecule has 0 aromatic carbocycles. The third kappa shape index (κ3) is 2.47. The molecule has 1 aliphatic heterocycles. The van der Waals surface area contributed by atoms with E-state index in [9.17, 15) is 27.2 Å². The van der Waals surface area contributed by atoms with E-state index in [0.717, 1.165) is 10.4 Å². The molecule has 0 saturated carbocycles. The van der Waals surface area contributed by atoms with Gasteiger partial charge < -0.3 is 10.0 Å². The summed E-state index contributed by atoms with van der Waals surface area (Å²) in [5.41, 5.74) is -2.58. The first-order valence-corrected chi connectivity index (χ1v) is 6.25. The maximum absolute atomic E-state index is 13.8. The molecule has 1 aromatic rings. The largest absolute Gasteiger partial charge is 0.479 e. The molecule has 10 heteroatoms. The molecule has 1 aromatic heterocycles. The number of carbonyl (C=O) groups excluding carboxylic acids is 1. The fraction of sp³-hybridized carbons (Fsp3) is 0.500. The van der Waals surface area contributed by atoms with Gasteiger partial charge in [-0.2, -0.15) is 13.2 Å². The molecule has 1 atom stereocenters. The number of carbonyl (C=O) groups is 2. The average Bonchev–Trinajstić information content (AvgIpc) is 2.94. The Bertz CT molecular complexity index is 559. The van der Waals surface area contributed by atoms with Gasteiger partial charge in [-0.15, -0.1) is 11.3 Å². The van der Waals surface area contributed by atoms with E-state index in [4.69, 9.17) is 5.11 Å². The predicted molar refractivity (Wildman–Crippen MR) is 59.1 cm³/mol. The molecule has 0 spiro atoms. The molecule has 1 unspecified atom stereocenters. The second-order valence-electron chi connectivity index (χ2n) is 4.28. The van der Waals surface area contributed by atoms with Crippen LogP contribution in [0.15, 0.2) is 5.51 Å². The number of rotatable bonds is 2. The number of amides is 1. The van der Waals surface area contributed by atoms with E-state index in [2.05, 4.69) is 4.98 Å². The van der Waals surface area contributed by atoms with E-state index < -0.39 is 47.3 Å². The first-order valence-electron chi connectivity index (χ1n) is 5.37. The van der Waals surface area contributed by atoms with Crippen LogP contribution in [0.3, 0.4) is 0 Å². The van der Waals surface area contributed by atoms with Gasteiger partial charge in [-0.05, 0) is 0 Å². The topological polar surface area (TPSA) is 70.5 Å². The lowest BCUT2D eigenvalue weighted by Gasteiger charge is -2.17. The van der Waals surface area contributed by atoms with Crippen LogP contribution in [0.25, 0.3) is 0 Å². The summed E-state index contributed by atoms with van der Waals surface area (Å²) < 4.78 is 51.7. The van der Waals surface area contributed by atoms with Crippen LogP contribution < -0.4 is 0 Å². The molecule has 20 heavy (non-hydrogen) atoms. The van der Waals surface area contributed by atoms with Gasteiger partial charge in [0.25, 0.3) is 5.91 Å². The molecule has 1 N–H and O–H groups in total. The van der Waals surface area contributed by atoms with E-state index in [0.29, 0.717) is 0 Å². The smallest absolute Gasteiger partial charge is 0.427 e. The quantitative estimate of drug-likeness (QED) is 0.845. The summed E-state index contributed by atoms with van der Waals surface area (Å²) in [6.45, 7) is -1.05. The summed E-state index contributed by atoms with van der Waals surface area (Å²) >= 11 is 0.256. The van der Waals surface area contributed by atoms with E-state index in [1.807, 2.05) is 0 Å². The number of thiazole rings is 1. The van der Waals surface area contributed by atoms with Crippen molar-refractivity contribution in [1.82, 2.24) is 9.88 Å². The van der Waals surface area contributed by atoms with Crippen molar-refractivity contribution in [3.05, 3.63) is 16.1 Å². The number of aromatic nitrogens is 1. The summed E-state index contributed by atoms with van der Waals surface area (Å²) in [4.78, 5) is 25.5. The molecule has 1 aliphatic rings. The van der Waals surface area contributed by atoms with Crippen LogP contribution in [0.2, 0.25) is 0 Å². The van der Waals surface area contributed by atoms with Gasteiger partial charge in [0.15, 0.2) is 5.69 Å². The molecule has 1 saturated heterocycles. The number of nitrogens with zero attached hydrogens (tertiary/aromatic N) is 2. The van der Waals surface area contributed by atoms with Gasteiger partial charge in [0.2, 0.25) is 5.67 Å². The lowest BCUT2D eigenvalue weighted by molar-refractivity contribution is -0.149. The maximum Gasteiger partial charge on any atom is 0.427 e. The van der Waals surface area contributed by atoms with E-state index in [1.165, 1.54) is 0 Å². The molecule has 5 nitrogen and oxygen atoms in total. The van der Waals surface area contributed by atoms with E-state index in [-0.39, 0.29) is 17.9 Å². The summed E-state index contributed by atoms with van der Waals surface area (Å²) in [5.74, 6) is -2.85. The van der Waals surface area contributed by atoms with Crippen molar-refractivity contribution in [2.75, 3.05) is 13.1 Å². The molecule has 2 rings (SSSR count).